The Morgan fingerprint density at radius 2 is 1.68 bits per heavy atom. The number of methoxy groups -OCH3 is 1. The third-order valence-corrected chi connectivity index (χ3v) is 4.63. The summed E-state index contributed by atoms with van der Waals surface area (Å²) in [5.41, 5.74) is 3.82. The van der Waals surface area contributed by atoms with Gasteiger partial charge in [-0.3, -0.25) is 4.79 Å². The van der Waals surface area contributed by atoms with Crippen molar-refractivity contribution in [1.82, 2.24) is 0 Å². The summed E-state index contributed by atoms with van der Waals surface area (Å²) in [5.74, 6) is 0.393. The van der Waals surface area contributed by atoms with Crippen LogP contribution in [0.2, 0.25) is 0 Å². The van der Waals surface area contributed by atoms with Gasteiger partial charge in [-0.1, -0.05) is 48.5 Å². The zero-order valence-corrected chi connectivity index (χ0v) is 14.5. The maximum absolute atomic E-state index is 14.5. The molecule has 0 heterocycles. The summed E-state index contributed by atoms with van der Waals surface area (Å²) in [6, 6.07) is 17.1. The molecule has 2 nitrogen and oxygen atoms in total. The van der Waals surface area contributed by atoms with E-state index in [2.05, 4.69) is 0 Å². The number of carbonyl (C=O) groups excluding carboxylic acids is 1. The summed E-state index contributed by atoms with van der Waals surface area (Å²) in [7, 11) is 1.64. The number of halogens is 1. The first-order valence-electron chi connectivity index (χ1n) is 8.38. The minimum Gasteiger partial charge on any atom is -0.497 e. The van der Waals surface area contributed by atoms with Gasteiger partial charge in [-0.05, 0) is 54.2 Å². The van der Waals surface area contributed by atoms with Crippen molar-refractivity contribution >= 4 is 11.4 Å². The molecule has 0 saturated heterocycles. The number of aryl methyl sites for hydroxylation is 1. The van der Waals surface area contributed by atoms with E-state index in [1.54, 1.807) is 14.0 Å². The highest BCUT2D eigenvalue weighted by Gasteiger charge is 2.29. The van der Waals surface area contributed by atoms with Gasteiger partial charge in [0.1, 0.15) is 5.75 Å². The number of benzene rings is 2. The predicted molar refractivity (Wildman–Crippen MR) is 98.3 cm³/mol. The molecule has 0 bridgehead atoms. The third kappa shape index (κ3) is 3.71. The quantitative estimate of drug-likeness (QED) is 0.772. The average Bonchev–Trinajstić information content (AvgIpc) is 2.67. The van der Waals surface area contributed by atoms with Crippen LogP contribution in [-0.2, 0) is 11.2 Å². The molecule has 2 aromatic carbocycles. The molecule has 1 aliphatic rings. The van der Waals surface area contributed by atoms with Gasteiger partial charge < -0.3 is 4.74 Å². The first kappa shape index (κ1) is 17.2. The van der Waals surface area contributed by atoms with Crippen LogP contribution in [0.25, 0.3) is 5.57 Å². The fraction of sp³-hybridized carbons (Fsp3) is 0.227. The van der Waals surface area contributed by atoms with Crippen molar-refractivity contribution in [2.75, 3.05) is 7.11 Å². The van der Waals surface area contributed by atoms with Gasteiger partial charge in [0.05, 0.1) is 7.11 Å². The van der Waals surface area contributed by atoms with Crippen molar-refractivity contribution in [2.24, 2.45) is 0 Å². The average molecular weight is 336 g/mol. The minimum atomic E-state index is -1.58. The molecule has 0 aliphatic heterocycles. The number of alkyl halides is 1. The predicted octanol–water partition coefficient (Wildman–Crippen LogP) is 4.95. The van der Waals surface area contributed by atoms with Gasteiger partial charge >= 0.3 is 0 Å². The first-order chi connectivity index (χ1) is 12.1. The third-order valence-electron chi connectivity index (χ3n) is 4.63. The largest absolute Gasteiger partial charge is 0.497 e. The van der Waals surface area contributed by atoms with E-state index in [1.165, 1.54) is 0 Å². The van der Waals surface area contributed by atoms with Crippen LogP contribution in [-0.4, -0.2) is 19.1 Å². The van der Waals surface area contributed by atoms with E-state index in [0.717, 1.165) is 28.9 Å². The number of rotatable bonds is 5. The number of ketones is 1. The lowest BCUT2D eigenvalue weighted by atomic mass is 9.85. The molecule has 0 amide bonds. The van der Waals surface area contributed by atoms with Crippen LogP contribution in [0.1, 0.15) is 24.5 Å². The van der Waals surface area contributed by atoms with Gasteiger partial charge in [0.15, 0.2) is 12.0 Å². The molecule has 0 saturated carbocycles. The summed E-state index contributed by atoms with van der Waals surface area (Å²) in [5, 5.41) is 0. The number of carbonyl (C=O) groups is 1. The number of hydrogen-bond donors (Lipinski definition) is 0. The zero-order chi connectivity index (χ0) is 17.8. The molecule has 0 spiro atoms. The summed E-state index contributed by atoms with van der Waals surface area (Å²) in [6.07, 6.45) is 1.76. The normalized spacial score (nSPS) is 17.5. The lowest BCUT2D eigenvalue weighted by Crippen LogP contribution is -2.23. The van der Waals surface area contributed by atoms with E-state index < -0.39 is 12.0 Å². The SMILES string of the molecule is COc1ccc(CCC2=C(C)C(=O)C(F)C(c3ccccc3)=C2)cc1. The maximum Gasteiger partial charge on any atom is 0.197 e. The number of Topliss-reactive ketones (excluding diaryl/α,β-unsaturated/α-hetero) is 1. The van der Waals surface area contributed by atoms with Crippen LogP contribution in [0, 0.1) is 0 Å². The Labute approximate surface area is 147 Å². The lowest BCUT2D eigenvalue weighted by molar-refractivity contribution is -0.118. The highest BCUT2D eigenvalue weighted by Crippen LogP contribution is 2.32. The second-order valence-corrected chi connectivity index (χ2v) is 6.19. The van der Waals surface area contributed by atoms with Gasteiger partial charge in [0.2, 0.25) is 0 Å². The molecule has 0 radical (unpaired) electrons. The van der Waals surface area contributed by atoms with Gasteiger partial charge in [-0.15, -0.1) is 0 Å². The maximum atomic E-state index is 14.5. The van der Waals surface area contributed by atoms with Crippen molar-refractivity contribution in [1.29, 1.82) is 0 Å². The summed E-state index contributed by atoms with van der Waals surface area (Å²) >= 11 is 0. The number of ether oxygens (including phenoxy) is 1. The van der Waals surface area contributed by atoms with Crippen molar-refractivity contribution in [3.63, 3.8) is 0 Å². The highest BCUT2D eigenvalue weighted by molar-refractivity contribution is 6.09. The molecular formula is C22H21FO2. The van der Waals surface area contributed by atoms with Crippen LogP contribution in [0.3, 0.4) is 0 Å². The van der Waals surface area contributed by atoms with Crippen LogP contribution < -0.4 is 4.74 Å². The van der Waals surface area contributed by atoms with E-state index in [0.29, 0.717) is 17.6 Å². The monoisotopic (exact) mass is 336 g/mol. The Morgan fingerprint density at radius 1 is 1.00 bits per heavy atom. The second-order valence-electron chi connectivity index (χ2n) is 6.19. The van der Waals surface area contributed by atoms with Gasteiger partial charge in [0, 0.05) is 5.57 Å². The van der Waals surface area contributed by atoms with Gasteiger partial charge in [-0.2, -0.15) is 0 Å². The topological polar surface area (TPSA) is 26.3 Å². The standard InChI is InChI=1S/C22H21FO2/c1-15-18(11-8-16-9-12-19(25-2)13-10-16)14-20(21(23)22(15)24)17-6-4-3-5-7-17/h3-7,9-10,12-14,21H,8,11H2,1-2H3. The van der Waals surface area contributed by atoms with Gasteiger partial charge in [-0.25, -0.2) is 4.39 Å². The molecule has 0 fully saturated rings. The highest BCUT2D eigenvalue weighted by atomic mass is 19.1. The number of allylic oxidation sites excluding steroid dienone is 4. The number of hydrogen-bond acceptors (Lipinski definition) is 2. The van der Waals surface area contributed by atoms with E-state index in [-0.39, 0.29) is 0 Å². The Kier molecular flexibility index (Phi) is 5.13. The van der Waals surface area contributed by atoms with E-state index >= 15 is 0 Å². The van der Waals surface area contributed by atoms with Crippen molar-refractivity contribution < 1.29 is 13.9 Å². The lowest BCUT2D eigenvalue weighted by Gasteiger charge is -2.21. The fourth-order valence-corrected chi connectivity index (χ4v) is 3.05. The molecule has 0 N–H and O–H groups in total. The van der Waals surface area contributed by atoms with E-state index in [1.807, 2.05) is 60.7 Å². The Morgan fingerprint density at radius 3 is 2.32 bits per heavy atom. The van der Waals surface area contributed by atoms with Crippen LogP contribution >= 0.6 is 0 Å². The van der Waals surface area contributed by atoms with Crippen LogP contribution in [0.15, 0.2) is 71.8 Å². The summed E-state index contributed by atoms with van der Waals surface area (Å²) in [6.45, 7) is 1.72. The smallest absolute Gasteiger partial charge is 0.197 e. The summed E-state index contributed by atoms with van der Waals surface area (Å²) < 4.78 is 19.7. The molecule has 2 aromatic rings. The Bertz CT molecular complexity index is 817. The second kappa shape index (κ2) is 7.47. The Hall–Kier alpha value is -2.68. The Balaban J connectivity index is 1.83. The molecule has 0 aromatic heterocycles. The van der Waals surface area contributed by atoms with Crippen molar-refractivity contribution in [3.05, 3.63) is 82.9 Å². The van der Waals surface area contributed by atoms with Crippen molar-refractivity contribution in [3.8, 4) is 5.75 Å². The molecular weight excluding hydrogens is 315 g/mol. The summed E-state index contributed by atoms with van der Waals surface area (Å²) in [4.78, 5) is 12.3. The molecule has 1 aliphatic carbocycles. The van der Waals surface area contributed by atoms with Crippen molar-refractivity contribution in [2.45, 2.75) is 25.9 Å². The molecule has 1 unspecified atom stereocenters. The molecule has 25 heavy (non-hydrogen) atoms. The van der Waals surface area contributed by atoms with Crippen LogP contribution in [0.5, 0.6) is 5.75 Å². The van der Waals surface area contributed by atoms with E-state index in [9.17, 15) is 9.18 Å². The molecule has 3 heteroatoms. The van der Waals surface area contributed by atoms with E-state index in [4.69, 9.17) is 4.74 Å². The van der Waals surface area contributed by atoms with Gasteiger partial charge in [0.25, 0.3) is 0 Å². The van der Waals surface area contributed by atoms with Crippen LogP contribution in [0.4, 0.5) is 4.39 Å². The zero-order valence-electron chi connectivity index (χ0n) is 14.5. The first-order valence-corrected chi connectivity index (χ1v) is 8.38. The molecule has 3 rings (SSSR count). The molecule has 1 atom stereocenters. The fourth-order valence-electron chi connectivity index (χ4n) is 3.05. The minimum absolute atomic E-state index is 0.425. The molecule has 128 valence electrons.